The van der Waals surface area contributed by atoms with Crippen LogP contribution in [-0.4, -0.2) is 9.55 Å². The predicted octanol–water partition coefficient (Wildman–Crippen LogP) is 11.5. The van der Waals surface area contributed by atoms with E-state index in [1.807, 2.05) is 11.3 Å². The normalized spacial score (nSPS) is 11.6. The minimum Gasteiger partial charge on any atom is -0.309 e. The molecule has 0 saturated carbocycles. The van der Waals surface area contributed by atoms with E-state index in [9.17, 15) is 0 Å². The van der Waals surface area contributed by atoms with Gasteiger partial charge in [-0.15, -0.1) is 11.3 Å². The number of para-hydroxylation sites is 3. The molecule has 0 aliphatic heterocycles. The highest BCUT2D eigenvalue weighted by atomic mass is 32.1. The summed E-state index contributed by atoms with van der Waals surface area (Å²) < 4.78 is 4.97. The predicted molar refractivity (Wildman–Crippen MR) is 188 cm³/mol. The molecule has 9 rings (SSSR count). The maximum Gasteiger partial charge on any atom is 0.0737 e. The van der Waals surface area contributed by atoms with E-state index < -0.39 is 0 Å². The summed E-state index contributed by atoms with van der Waals surface area (Å²) >= 11 is 1.84. The summed E-state index contributed by atoms with van der Waals surface area (Å²) in [5.74, 6) is 0. The lowest BCUT2D eigenvalue weighted by Gasteiger charge is -2.14. The van der Waals surface area contributed by atoms with Crippen molar-refractivity contribution in [1.82, 2.24) is 9.55 Å². The monoisotopic (exact) mass is 578 g/mol. The smallest absolute Gasteiger partial charge is 0.0737 e. The number of thiophene rings is 1. The highest BCUT2D eigenvalue weighted by molar-refractivity contribution is 7.25. The molecule has 0 unspecified atom stereocenters. The molecule has 3 heterocycles. The first kappa shape index (κ1) is 25.0. The van der Waals surface area contributed by atoms with Crippen LogP contribution in [0.3, 0.4) is 0 Å². The van der Waals surface area contributed by atoms with Crippen molar-refractivity contribution in [3.05, 3.63) is 158 Å². The Kier molecular flexibility index (Phi) is 5.71. The molecule has 0 N–H and O–H groups in total. The van der Waals surface area contributed by atoms with Crippen LogP contribution in [0, 0.1) is 0 Å². The third-order valence-electron chi connectivity index (χ3n) is 8.60. The number of aromatic nitrogens is 2. The lowest BCUT2D eigenvalue weighted by molar-refractivity contribution is 1.18. The maximum atomic E-state index is 5.48. The lowest BCUT2D eigenvalue weighted by atomic mass is 9.97. The van der Waals surface area contributed by atoms with E-state index in [4.69, 9.17) is 4.98 Å². The third kappa shape index (κ3) is 3.90. The molecule has 0 saturated heterocycles. The summed E-state index contributed by atoms with van der Waals surface area (Å²) in [6.07, 6.45) is 0. The Labute approximate surface area is 259 Å². The van der Waals surface area contributed by atoms with Crippen LogP contribution in [0.15, 0.2) is 158 Å². The standard InChI is InChI=1S/C41H26N2S/c1-3-13-27(14-4-1)28-25-35(32-20-12-24-39-40(32)34-18-8-10-23-38(34)44-39)42-36(26-28)33-21-11-19-31-30-17-7-9-22-37(30)43(41(31)33)29-15-5-2-6-16-29/h1-26H. The zero-order valence-electron chi connectivity index (χ0n) is 23.8. The molecule has 6 aromatic carbocycles. The van der Waals surface area contributed by atoms with Crippen LogP contribution in [0.2, 0.25) is 0 Å². The summed E-state index contributed by atoms with van der Waals surface area (Å²) in [7, 11) is 0. The molecule has 2 nitrogen and oxygen atoms in total. The fraction of sp³-hybridized carbons (Fsp3) is 0. The second kappa shape index (κ2) is 10.0. The number of rotatable bonds is 4. The van der Waals surface area contributed by atoms with Gasteiger partial charge in [0.2, 0.25) is 0 Å². The zero-order valence-corrected chi connectivity index (χ0v) is 24.6. The molecule has 0 amide bonds. The quantitative estimate of drug-likeness (QED) is 0.203. The zero-order chi connectivity index (χ0) is 29.0. The Balaban J connectivity index is 1.38. The molecule has 0 atom stereocenters. The van der Waals surface area contributed by atoms with Gasteiger partial charge in [-0.2, -0.15) is 0 Å². The number of fused-ring (bicyclic) bond motifs is 6. The molecule has 3 heteroatoms. The number of hydrogen-bond donors (Lipinski definition) is 0. The van der Waals surface area contributed by atoms with Crippen LogP contribution < -0.4 is 0 Å². The summed E-state index contributed by atoms with van der Waals surface area (Å²) in [4.78, 5) is 5.48. The summed E-state index contributed by atoms with van der Waals surface area (Å²) in [6, 6.07) is 56.5. The van der Waals surface area contributed by atoms with Gasteiger partial charge in [0.05, 0.1) is 22.4 Å². The molecule has 44 heavy (non-hydrogen) atoms. The highest BCUT2D eigenvalue weighted by Crippen LogP contribution is 2.42. The first-order valence-corrected chi connectivity index (χ1v) is 15.7. The van der Waals surface area contributed by atoms with Crippen molar-refractivity contribution in [2.45, 2.75) is 0 Å². The molecular formula is C41H26N2S. The molecule has 0 bridgehead atoms. The van der Waals surface area contributed by atoms with Crippen molar-refractivity contribution in [3.63, 3.8) is 0 Å². The van der Waals surface area contributed by atoms with Crippen molar-refractivity contribution >= 4 is 53.3 Å². The Bertz CT molecular complexity index is 2490. The lowest BCUT2D eigenvalue weighted by Crippen LogP contribution is -1.97. The van der Waals surface area contributed by atoms with Crippen molar-refractivity contribution < 1.29 is 0 Å². The number of hydrogen-bond acceptors (Lipinski definition) is 2. The van der Waals surface area contributed by atoms with E-state index in [1.165, 1.54) is 47.5 Å². The Morgan fingerprint density at radius 2 is 1.07 bits per heavy atom. The molecule has 0 fully saturated rings. The van der Waals surface area contributed by atoms with Crippen molar-refractivity contribution in [3.8, 4) is 39.3 Å². The molecule has 0 radical (unpaired) electrons. The van der Waals surface area contributed by atoms with Gasteiger partial charge in [-0.3, -0.25) is 0 Å². The van der Waals surface area contributed by atoms with Gasteiger partial charge in [0.15, 0.2) is 0 Å². The van der Waals surface area contributed by atoms with E-state index in [-0.39, 0.29) is 0 Å². The van der Waals surface area contributed by atoms with Crippen molar-refractivity contribution in [1.29, 1.82) is 0 Å². The molecular weight excluding hydrogens is 553 g/mol. The van der Waals surface area contributed by atoms with Crippen LogP contribution in [0.25, 0.3) is 81.3 Å². The van der Waals surface area contributed by atoms with E-state index in [2.05, 4.69) is 162 Å². The van der Waals surface area contributed by atoms with Gasteiger partial charge in [0.25, 0.3) is 0 Å². The Hall–Kier alpha value is -5.51. The van der Waals surface area contributed by atoms with Gasteiger partial charge in [-0.1, -0.05) is 115 Å². The SMILES string of the molecule is c1ccc(-c2cc(-c3cccc4sc5ccccc5c34)nc(-c3cccc4c5ccccc5n(-c5ccccc5)c34)c2)cc1. The minimum atomic E-state index is 0.962. The average molecular weight is 579 g/mol. The van der Waals surface area contributed by atoms with E-state index in [1.54, 1.807) is 0 Å². The second-order valence-corrected chi connectivity index (χ2v) is 12.2. The van der Waals surface area contributed by atoms with E-state index in [0.29, 0.717) is 0 Å². The first-order valence-electron chi connectivity index (χ1n) is 14.9. The largest absolute Gasteiger partial charge is 0.309 e. The molecule has 206 valence electrons. The van der Waals surface area contributed by atoms with Gasteiger partial charge < -0.3 is 4.57 Å². The van der Waals surface area contributed by atoms with Crippen LogP contribution in [0.4, 0.5) is 0 Å². The van der Waals surface area contributed by atoms with Gasteiger partial charge in [-0.05, 0) is 53.6 Å². The Morgan fingerprint density at radius 1 is 0.455 bits per heavy atom. The van der Waals surface area contributed by atoms with Crippen LogP contribution >= 0.6 is 11.3 Å². The maximum absolute atomic E-state index is 5.48. The average Bonchev–Trinajstić information content (AvgIpc) is 3.65. The third-order valence-corrected chi connectivity index (χ3v) is 9.73. The summed E-state index contributed by atoms with van der Waals surface area (Å²) in [5, 5.41) is 5.01. The van der Waals surface area contributed by atoms with E-state index in [0.717, 1.165) is 33.8 Å². The van der Waals surface area contributed by atoms with Crippen LogP contribution in [-0.2, 0) is 0 Å². The first-order chi connectivity index (χ1) is 21.8. The highest BCUT2D eigenvalue weighted by Gasteiger charge is 2.19. The molecule has 3 aromatic heterocycles. The minimum absolute atomic E-state index is 0.962. The Morgan fingerprint density at radius 3 is 1.91 bits per heavy atom. The fourth-order valence-electron chi connectivity index (χ4n) is 6.66. The van der Waals surface area contributed by atoms with Crippen molar-refractivity contribution in [2.24, 2.45) is 0 Å². The second-order valence-electron chi connectivity index (χ2n) is 11.2. The topological polar surface area (TPSA) is 17.8 Å². The van der Waals surface area contributed by atoms with Crippen LogP contribution in [0.1, 0.15) is 0 Å². The number of pyridine rings is 1. The number of benzene rings is 6. The molecule has 9 aromatic rings. The summed E-state index contributed by atoms with van der Waals surface area (Å²) in [5.41, 5.74) is 10.0. The molecule has 0 aliphatic rings. The molecule has 0 spiro atoms. The van der Waals surface area contributed by atoms with Gasteiger partial charge in [-0.25, -0.2) is 4.98 Å². The molecule has 0 aliphatic carbocycles. The van der Waals surface area contributed by atoms with E-state index >= 15 is 0 Å². The van der Waals surface area contributed by atoms with Gasteiger partial charge in [0.1, 0.15) is 0 Å². The van der Waals surface area contributed by atoms with Gasteiger partial charge >= 0.3 is 0 Å². The number of nitrogens with zero attached hydrogens (tertiary/aromatic N) is 2. The summed E-state index contributed by atoms with van der Waals surface area (Å²) in [6.45, 7) is 0. The van der Waals surface area contributed by atoms with Crippen molar-refractivity contribution in [2.75, 3.05) is 0 Å². The fourth-order valence-corrected chi connectivity index (χ4v) is 7.79. The van der Waals surface area contributed by atoms with Gasteiger partial charge in [0, 0.05) is 47.8 Å². The van der Waals surface area contributed by atoms with Crippen LogP contribution in [0.5, 0.6) is 0 Å².